The van der Waals surface area contributed by atoms with Crippen LogP contribution in [0.3, 0.4) is 0 Å². The Balaban J connectivity index is 1.69. The molecular weight excluding hydrogens is 422 g/mol. The van der Waals surface area contributed by atoms with Crippen LogP contribution in [0.25, 0.3) is 0 Å². The highest BCUT2D eigenvalue weighted by molar-refractivity contribution is 8.00. The Morgan fingerprint density at radius 2 is 2.17 bits per heavy atom. The number of ether oxygens (including phenoxy) is 1. The smallest absolute Gasteiger partial charge is 0.352 e. The van der Waals surface area contributed by atoms with Crippen molar-refractivity contribution in [3.63, 3.8) is 0 Å². The van der Waals surface area contributed by atoms with Gasteiger partial charge in [-0.3, -0.25) is 34.1 Å². The quantitative estimate of drug-likeness (QED) is 0.242. The van der Waals surface area contributed by atoms with Crippen LogP contribution < -0.4 is 5.32 Å². The molecule has 30 heavy (non-hydrogen) atoms. The van der Waals surface area contributed by atoms with Crippen molar-refractivity contribution in [3.05, 3.63) is 33.3 Å². The first-order chi connectivity index (χ1) is 14.1. The highest BCUT2D eigenvalue weighted by Gasteiger charge is 2.54. The largest absolute Gasteiger partial charge is 0.477 e. The number of carboxylic acid groups (broad SMARTS) is 1. The van der Waals surface area contributed by atoms with Crippen LogP contribution in [0.15, 0.2) is 17.5 Å². The van der Waals surface area contributed by atoms with Gasteiger partial charge in [0.15, 0.2) is 0 Å². The first-order valence-corrected chi connectivity index (χ1v) is 9.66. The van der Waals surface area contributed by atoms with Crippen molar-refractivity contribution in [1.29, 1.82) is 0 Å². The lowest BCUT2D eigenvalue weighted by Gasteiger charge is -2.49. The number of aliphatic carboxylic acids is 1. The lowest BCUT2D eigenvalue weighted by Crippen LogP contribution is -2.70. The number of hydrogen-bond acceptors (Lipinski definition) is 9. The van der Waals surface area contributed by atoms with Crippen molar-refractivity contribution in [3.8, 4) is 0 Å². The first-order valence-electron chi connectivity index (χ1n) is 8.61. The third-order valence-corrected chi connectivity index (χ3v) is 5.92. The molecule has 0 radical (unpaired) electrons. The summed E-state index contributed by atoms with van der Waals surface area (Å²) in [5.74, 6) is -2.91. The van der Waals surface area contributed by atoms with Gasteiger partial charge in [-0.25, -0.2) is 4.79 Å². The second-order valence-electron chi connectivity index (χ2n) is 6.52. The number of nitrogens with one attached hydrogen (secondary N) is 1. The molecule has 2 aliphatic heterocycles. The van der Waals surface area contributed by atoms with E-state index in [1.54, 1.807) is 0 Å². The van der Waals surface area contributed by atoms with Gasteiger partial charge in [0.05, 0.1) is 4.92 Å². The average molecular weight is 439 g/mol. The molecule has 0 bridgehead atoms. The van der Waals surface area contributed by atoms with Gasteiger partial charge in [-0.05, 0) is 6.92 Å². The highest BCUT2D eigenvalue weighted by Crippen LogP contribution is 2.40. The number of hydrogen-bond donors (Lipinski definition) is 2. The summed E-state index contributed by atoms with van der Waals surface area (Å²) >= 11 is 1.23. The minimum atomic E-state index is -1.33. The Bertz CT molecular complexity index is 986. The van der Waals surface area contributed by atoms with Crippen LogP contribution in [-0.2, 0) is 30.5 Å². The van der Waals surface area contributed by atoms with Crippen molar-refractivity contribution < 1.29 is 33.9 Å². The molecule has 2 amide bonds. The summed E-state index contributed by atoms with van der Waals surface area (Å²) in [7, 11) is 0. The minimum Gasteiger partial charge on any atom is -0.477 e. The number of carbonyl (C=O) groups is 4. The van der Waals surface area contributed by atoms with Crippen molar-refractivity contribution in [2.75, 3.05) is 12.4 Å². The van der Waals surface area contributed by atoms with Crippen LogP contribution in [0.5, 0.6) is 0 Å². The molecule has 2 aliphatic rings. The molecule has 1 fully saturated rings. The lowest BCUT2D eigenvalue weighted by molar-refractivity contribution is -0.385. The van der Waals surface area contributed by atoms with E-state index in [9.17, 15) is 34.4 Å². The second kappa shape index (κ2) is 8.14. The van der Waals surface area contributed by atoms with Gasteiger partial charge in [0.2, 0.25) is 5.91 Å². The van der Waals surface area contributed by atoms with E-state index in [0.29, 0.717) is 0 Å². The van der Waals surface area contributed by atoms with Gasteiger partial charge in [0.1, 0.15) is 42.2 Å². The lowest BCUT2D eigenvalue weighted by atomic mass is 10.0. The predicted molar refractivity (Wildman–Crippen MR) is 99.9 cm³/mol. The predicted octanol–water partition coefficient (Wildman–Crippen LogP) is -0.599. The van der Waals surface area contributed by atoms with Crippen LogP contribution in [0.4, 0.5) is 5.69 Å². The number of carbonyl (C=O) groups excluding carboxylic acids is 3. The molecule has 1 aromatic heterocycles. The van der Waals surface area contributed by atoms with E-state index in [1.165, 1.54) is 25.6 Å². The molecule has 2 atom stereocenters. The Morgan fingerprint density at radius 3 is 2.73 bits per heavy atom. The second-order valence-corrected chi connectivity index (χ2v) is 7.63. The Kier molecular flexibility index (Phi) is 5.78. The standard InChI is InChI=1S/C16H17N5O8S/c1-7-10(21(27)28)3-17-19(7)4-11(23)18-12-14(24)20-13(16(25)26)9(5-29-8(2)22)6-30-15(12)20/h3,12,15H,4-6H2,1-2H3,(H,18,23)(H,25,26)/t12-,15-/m0/s1. The summed E-state index contributed by atoms with van der Waals surface area (Å²) in [5.41, 5.74) is -0.00589. The molecule has 1 saturated heterocycles. The molecule has 2 N–H and O–H groups in total. The van der Waals surface area contributed by atoms with Crippen molar-refractivity contribution >= 4 is 41.2 Å². The van der Waals surface area contributed by atoms with Gasteiger partial charge in [-0.1, -0.05) is 0 Å². The zero-order valence-corrected chi connectivity index (χ0v) is 16.7. The molecule has 3 heterocycles. The van der Waals surface area contributed by atoms with E-state index in [-0.39, 0.29) is 41.6 Å². The van der Waals surface area contributed by atoms with Gasteiger partial charge in [0, 0.05) is 18.2 Å². The zero-order valence-electron chi connectivity index (χ0n) is 15.9. The molecule has 160 valence electrons. The molecule has 13 nitrogen and oxygen atoms in total. The number of β-lactam (4-membered cyclic amide) rings is 1. The van der Waals surface area contributed by atoms with E-state index in [1.807, 2.05) is 0 Å². The summed E-state index contributed by atoms with van der Waals surface area (Å²) in [4.78, 5) is 58.8. The van der Waals surface area contributed by atoms with Crippen LogP contribution in [0.1, 0.15) is 12.6 Å². The fourth-order valence-corrected chi connectivity index (χ4v) is 4.44. The molecule has 14 heteroatoms. The highest BCUT2D eigenvalue weighted by atomic mass is 32.2. The maximum atomic E-state index is 12.5. The first kappa shape index (κ1) is 21.3. The number of thioether (sulfide) groups is 1. The number of esters is 1. The monoisotopic (exact) mass is 439 g/mol. The number of fused-ring (bicyclic) bond motifs is 1. The number of rotatable bonds is 7. The fourth-order valence-electron chi connectivity index (χ4n) is 3.11. The maximum Gasteiger partial charge on any atom is 0.352 e. The van der Waals surface area contributed by atoms with Crippen LogP contribution in [0.2, 0.25) is 0 Å². The summed E-state index contributed by atoms with van der Waals surface area (Å²) < 4.78 is 5.99. The van der Waals surface area contributed by atoms with Crippen molar-refractivity contribution in [2.24, 2.45) is 0 Å². The number of carboxylic acids is 1. The van der Waals surface area contributed by atoms with E-state index in [0.717, 1.165) is 15.8 Å². The summed E-state index contributed by atoms with van der Waals surface area (Å²) in [6, 6.07) is -0.946. The molecular formula is C16H17N5O8S. The molecule has 0 unspecified atom stereocenters. The normalized spacial score (nSPS) is 20.3. The van der Waals surface area contributed by atoms with E-state index in [4.69, 9.17) is 4.74 Å². The summed E-state index contributed by atoms with van der Waals surface area (Å²) in [6.45, 7) is 2.06. The number of nitro groups is 1. The van der Waals surface area contributed by atoms with Gasteiger partial charge in [-0.15, -0.1) is 11.8 Å². The topological polar surface area (TPSA) is 174 Å². The summed E-state index contributed by atoms with van der Waals surface area (Å²) in [5, 5.41) is 26.1. The number of amides is 2. The maximum absolute atomic E-state index is 12.5. The minimum absolute atomic E-state index is 0.190. The van der Waals surface area contributed by atoms with Gasteiger partial charge < -0.3 is 15.2 Å². The number of aromatic nitrogens is 2. The Labute approximate surface area is 173 Å². The van der Waals surface area contributed by atoms with E-state index in [2.05, 4.69) is 10.4 Å². The van der Waals surface area contributed by atoms with Crippen molar-refractivity contribution in [1.82, 2.24) is 20.0 Å². The van der Waals surface area contributed by atoms with Gasteiger partial charge in [-0.2, -0.15) is 5.10 Å². The number of nitrogens with zero attached hydrogens (tertiary/aromatic N) is 4. The Hall–Kier alpha value is -3.42. The van der Waals surface area contributed by atoms with Crippen LogP contribution in [-0.4, -0.2) is 72.2 Å². The van der Waals surface area contributed by atoms with Gasteiger partial charge >= 0.3 is 17.6 Å². The Morgan fingerprint density at radius 1 is 1.47 bits per heavy atom. The molecule has 1 aromatic rings. The molecule has 3 rings (SSSR count). The molecule has 0 saturated carbocycles. The average Bonchev–Trinajstić information content (AvgIpc) is 3.03. The third-order valence-electron chi connectivity index (χ3n) is 4.58. The fraction of sp³-hybridized carbons (Fsp3) is 0.438. The SMILES string of the molecule is CC(=O)OCC1=C(C(=O)O)N2C(=O)[C@H](NC(=O)Cn3ncc([N+](=O)[O-])c3C)[C@@H]2SC1. The summed E-state index contributed by atoms with van der Waals surface area (Å²) in [6.07, 6.45) is 1.03. The van der Waals surface area contributed by atoms with E-state index < -0.39 is 40.1 Å². The molecule has 0 aromatic carbocycles. The van der Waals surface area contributed by atoms with Crippen LogP contribution in [0, 0.1) is 17.0 Å². The third kappa shape index (κ3) is 3.85. The molecule has 0 spiro atoms. The zero-order chi connectivity index (χ0) is 22.2. The van der Waals surface area contributed by atoms with Crippen LogP contribution >= 0.6 is 11.8 Å². The molecule has 0 aliphatic carbocycles. The van der Waals surface area contributed by atoms with Crippen molar-refractivity contribution in [2.45, 2.75) is 31.8 Å². The van der Waals surface area contributed by atoms with Gasteiger partial charge in [0.25, 0.3) is 5.91 Å². The van der Waals surface area contributed by atoms with E-state index >= 15 is 0 Å².